The number of fused-ring (bicyclic) bond motifs is 1. The first-order valence-corrected chi connectivity index (χ1v) is 6.45. The lowest BCUT2D eigenvalue weighted by molar-refractivity contribution is 0.396. The van der Waals surface area contributed by atoms with Gasteiger partial charge in [-0.15, -0.1) is 0 Å². The van der Waals surface area contributed by atoms with Crippen molar-refractivity contribution in [1.82, 2.24) is 4.90 Å². The van der Waals surface area contributed by atoms with Crippen LogP contribution >= 0.6 is 0 Å². The number of aryl methyl sites for hydroxylation is 1. The van der Waals surface area contributed by atoms with Gasteiger partial charge in [-0.2, -0.15) is 0 Å². The molecule has 0 bridgehead atoms. The van der Waals surface area contributed by atoms with Gasteiger partial charge in [-0.1, -0.05) is 48.0 Å². The third-order valence-electron chi connectivity index (χ3n) is 3.37. The van der Waals surface area contributed by atoms with Crippen LogP contribution < -0.4 is 5.73 Å². The lowest BCUT2D eigenvalue weighted by Crippen LogP contribution is -2.38. The predicted octanol–water partition coefficient (Wildman–Crippen LogP) is 2.96. The van der Waals surface area contributed by atoms with E-state index >= 15 is 0 Å². The summed E-state index contributed by atoms with van der Waals surface area (Å²) in [6, 6.07) is 16.6. The van der Waals surface area contributed by atoms with E-state index in [0.717, 1.165) is 18.8 Å². The number of hydrogen-bond donors (Lipinski definition) is 1. The molecule has 0 radical (unpaired) electrons. The van der Waals surface area contributed by atoms with Crippen LogP contribution in [0.4, 0.5) is 5.69 Å². The van der Waals surface area contributed by atoms with Crippen LogP contribution in [-0.2, 0) is 13.1 Å². The quantitative estimate of drug-likeness (QED) is 0.891. The molecule has 3 rings (SSSR count). The van der Waals surface area contributed by atoms with Gasteiger partial charge in [0.15, 0.2) is 5.96 Å². The summed E-state index contributed by atoms with van der Waals surface area (Å²) in [4.78, 5) is 6.59. The van der Waals surface area contributed by atoms with Gasteiger partial charge >= 0.3 is 0 Å². The summed E-state index contributed by atoms with van der Waals surface area (Å²) in [7, 11) is 0. The van der Waals surface area contributed by atoms with E-state index in [1.54, 1.807) is 0 Å². The monoisotopic (exact) mass is 251 g/mol. The molecule has 0 amide bonds. The molecule has 0 spiro atoms. The van der Waals surface area contributed by atoms with E-state index in [2.05, 4.69) is 41.1 Å². The fourth-order valence-corrected chi connectivity index (χ4v) is 2.37. The molecule has 1 aliphatic heterocycles. The molecule has 2 aromatic rings. The Morgan fingerprint density at radius 1 is 1.16 bits per heavy atom. The molecule has 1 heterocycles. The van der Waals surface area contributed by atoms with Gasteiger partial charge in [-0.25, -0.2) is 4.99 Å². The number of guanidine groups is 1. The third kappa shape index (κ3) is 2.45. The van der Waals surface area contributed by atoms with Crippen LogP contribution in [0.2, 0.25) is 0 Å². The van der Waals surface area contributed by atoms with Crippen LogP contribution in [0.3, 0.4) is 0 Å². The Kier molecular flexibility index (Phi) is 2.95. The predicted molar refractivity (Wildman–Crippen MR) is 78.2 cm³/mol. The van der Waals surface area contributed by atoms with E-state index in [-0.39, 0.29) is 0 Å². The maximum Gasteiger partial charge on any atom is 0.197 e. The highest BCUT2D eigenvalue weighted by molar-refractivity contribution is 5.83. The van der Waals surface area contributed by atoms with Gasteiger partial charge in [0.05, 0.1) is 5.69 Å². The topological polar surface area (TPSA) is 41.6 Å². The molecule has 2 aromatic carbocycles. The second kappa shape index (κ2) is 4.76. The van der Waals surface area contributed by atoms with Gasteiger partial charge in [0.1, 0.15) is 0 Å². The van der Waals surface area contributed by atoms with Crippen molar-refractivity contribution in [3.8, 4) is 0 Å². The second-order valence-corrected chi connectivity index (χ2v) is 4.94. The SMILES string of the molecule is Cc1ccc2c(c1)CN(Cc1ccccc1)C(N)=N2. The zero-order valence-corrected chi connectivity index (χ0v) is 11.0. The molecule has 1 aliphatic rings. The Morgan fingerprint density at radius 3 is 2.74 bits per heavy atom. The number of aliphatic imine (C=N–C) groups is 1. The maximum absolute atomic E-state index is 6.06. The smallest absolute Gasteiger partial charge is 0.197 e. The van der Waals surface area contributed by atoms with Gasteiger partial charge in [0.2, 0.25) is 0 Å². The van der Waals surface area contributed by atoms with Crippen LogP contribution in [-0.4, -0.2) is 10.9 Å². The van der Waals surface area contributed by atoms with E-state index < -0.39 is 0 Å². The van der Waals surface area contributed by atoms with Gasteiger partial charge < -0.3 is 10.6 Å². The van der Waals surface area contributed by atoms with E-state index in [9.17, 15) is 0 Å². The van der Waals surface area contributed by atoms with Crippen molar-refractivity contribution >= 4 is 11.6 Å². The highest BCUT2D eigenvalue weighted by Gasteiger charge is 2.17. The van der Waals surface area contributed by atoms with Crippen molar-refractivity contribution in [1.29, 1.82) is 0 Å². The van der Waals surface area contributed by atoms with Crippen molar-refractivity contribution in [2.24, 2.45) is 10.7 Å². The van der Waals surface area contributed by atoms with Crippen molar-refractivity contribution in [3.63, 3.8) is 0 Å². The summed E-state index contributed by atoms with van der Waals surface area (Å²) in [6.45, 7) is 3.72. The van der Waals surface area contributed by atoms with E-state index in [4.69, 9.17) is 5.73 Å². The number of rotatable bonds is 2. The number of benzene rings is 2. The van der Waals surface area contributed by atoms with Gasteiger partial charge in [-0.3, -0.25) is 0 Å². The largest absolute Gasteiger partial charge is 0.369 e. The Morgan fingerprint density at radius 2 is 1.95 bits per heavy atom. The molecular weight excluding hydrogens is 234 g/mol. The molecule has 0 saturated carbocycles. The van der Waals surface area contributed by atoms with E-state index in [1.807, 2.05) is 24.3 Å². The summed E-state index contributed by atoms with van der Waals surface area (Å²) >= 11 is 0. The Labute approximate surface area is 113 Å². The van der Waals surface area contributed by atoms with Gasteiger partial charge in [0.25, 0.3) is 0 Å². The summed E-state index contributed by atoms with van der Waals surface area (Å²) in [6.07, 6.45) is 0. The first-order chi connectivity index (χ1) is 9.22. The maximum atomic E-state index is 6.06. The molecule has 96 valence electrons. The zero-order chi connectivity index (χ0) is 13.2. The Balaban J connectivity index is 1.86. The zero-order valence-electron chi connectivity index (χ0n) is 11.0. The second-order valence-electron chi connectivity index (χ2n) is 4.94. The fraction of sp³-hybridized carbons (Fsp3) is 0.188. The van der Waals surface area contributed by atoms with Crippen LogP contribution in [0, 0.1) is 6.92 Å². The molecule has 19 heavy (non-hydrogen) atoms. The van der Waals surface area contributed by atoms with Crippen LogP contribution in [0.15, 0.2) is 53.5 Å². The van der Waals surface area contributed by atoms with Crippen LogP contribution in [0.1, 0.15) is 16.7 Å². The van der Waals surface area contributed by atoms with Crippen LogP contribution in [0.5, 0.6) is 0 Å². The number of hydrogen-bond acceptors (Lipinski definition) is 3. The lowest BCUT2D eigenvalue weighted by atomic mass is 10.1. The third-order valence-corrected chi connectivity index (χ3v) is 3.37. The summed E-state index contributed by atoms with van der Waals surface area (Å²) < 4.78 is 0. The van der Waals surface area contributed by atoms with Crippen molar-refractivity contribution < 1.29 is 0 Å². The molecule has 0 atom stereocenters. The molecule has 0 unspecified atom stereocenters. The first-order valence-electron chi connectivity index (χ1n) is 6.45. The highest BCUT2D eigenvalue weighted by Crippen LogP contribution is 2.26. The first kappa shape index (κ1) is 11.8. The number of nitrogens with two attached hydrogens (primary N) is 1. The van der Waals surface area contributed by atoms with E-state index in [0.29, 0.717) is 5.96 Å². The molecule has 3 nitrogen and oxygen atoms in total. The van der Waals surface area contributed by atoms with E-state index in [1.165, 1.54) is 16.7 Å². The summed E-state index contributed by atoms with van der Waals surface area (Å²) in [5, 5.41) is 0. The molecule has 0 saturated heterocycles. The standard InChI is InChI=1S/C16H17N3/c1-12-7-8-15-14(9-12)11-19(16(17)18-15)10-13-5-3-2-4-6-13/h2-9H,10-11H2,1H3,(H2,17,18). The molecule has 3 heteroatoms. The molecule has 2 N–H and O–H groups in total. The minimum Gasteiger partial charge on any atom is -0.369 e. The normalized spacial score (nSPS) is 13.9. The molecule has 0 aromatic heterocycles. The Bertz CT molecular complexity index is 617. The van der Waals surface area contributed by atoms with Gasteiger partial charge in [0, 0.05) is 13.1 Å². The summed E-state index contributed by atoms with van der Waals surface area (Å²) in [5.41, 5.74) is 10.8. The minimum atomic E-state index is 0.597. The highest BCUT2D eigenvalue weighted by atomic mass is 15.3. The van der Waals surface area contributed by atoms with Crippen molar-refractivity contribution in [2.75, 3.05) is 0 Å². The Hall–Kier alpha value is -2.29. The van der Waals surface area contributed by atoms with Gasteiger partial charge in [-0.05, 0) is 24.1 Å². The average molecular weight is 251 g/mol. The molecule has 0 aliphatic carbocycles. The van der Waals surface area contributed by atoms with Crippen LogP contribution in [0.25, 0.3) is 0 Å². The van der Waals surface area contributed by atoms with Crippen molar-refractivity contribution in [2.45, 2.75) is 20.0 Å². The lowest BCUT2D eigenvalue weighted by Gasteiger charge is -2.28. The summed E-state index contributed by atoms with van der Waals surface area (Å²) in [5.74, 6) is 0.597. The minimum absolute atomic E-state index is 0.597. The van der Waals surface area contributed by atoms with Crippen molar-refractivity contribution in [3.05, 3.63) is 65.2 Å². The number of nitrogens with zero attached hydrogens (tertiary/aromatic N) is 2. The fourth-order valence-electron chi connectivity index (χ4n) is 2.37. The molecule has 0 fully saturated rings. The average Bonchev–Trinajstić information content (AvgIpc) is 2.41. The molecular formula is C16H17N3.